The van der Waals surface area contributed by atoms with Gasteiger partial charge in [-0.1, -0.05) is 13.8 Å². The number of carbonyl (C=O) groups excluding carboxylic acids is 1. The largest absolute Gasteiger partial charge is 0.373 e. The molecule has 0 fully saturated rings. The Morgan fingerprint density at radius 2 is 1.65 bits per heavy atom. The van der Waals surface area contributed by atoms with Crippen molar-refractivity contribution in [1.82, 2.24) is 4.90 Å². The molecule has 0 N–H and O–H groups in total. The van der Waals surface area contributed by atoms with Gasteiger partial charge in [-0.25, -0.2) is 0 Å². The molecule has 0 aromatic heterocycles. The Kier molecular flexibility index (Phi) is 5.70. The van der Waals surface area contributed by atoms with Crippen LogP contribution in [0.25, 0.3) is 0 Å². The third kappa shape index (κ3) is 4.19. The van der Waals surface area contributed by atoms with Gasteiger partial charge >= 0.3 is 0 Å². The molecule has 3 heteroatoms. The first-order valence-corrected chi connectivity index (χ1v) is 6.20. The number of rotatable bonds is 7. The molecule has 0 radical (unpaired) electrons. The van der Waals surface area contributed by atoms with E-state index in [0.29, 0.717) is 0 Å². The quantitative estimate of drug-likeness (QED) is 0.676. The van der Waals surface area contributed by atoms with Crippen LogP contribution in [0.1, 0.15) is 24.2 Å². The first-order chi connectivity index (χ1) is 8.21. The van der Waals surface area contributed by atoms with Gasteiger partial charge in [-0.05, 0) is 37.4 Å². The standard InChI is InChI=1S/C14H22N2O/c1-4-16(5-2)11-10-15(3)14-8-6-13(12-17)7-9-14/h6-9,12H,4-5,10-11H2,1-3H3. The van der Waals surface area contributed by atoms with Crippen molar-refractivity contribution in [1.29, 1.82) is 0 Å². The maximum Gasteiger partial charge on any atom is 0.150 e. The highest BCUT2D eigenvalue weighted by Crippen LogP contribution is 2.12. The minimum absolute atomic E-state index is 0.728. The summed E-state index contributed by atoms with van der Waals surface area (Å²) in [4.78, 5) is 15.2. The van der Waals surface area contributed by atoms with Gasteiger partial charge in [0.05, 0.1) is 0 Å². The lowest BCUT2D eigenvalue weighted by molar-refractivity contribution is 0.112. The van der Waals surface area contributed by atoms with Crippen molar-refractivity contribution in [3.8, 4) is 0 Å². The smallest absolute Gasteiger partial charge is 0.150 e. The Morgan fingerprint density at radius 1 is 1.06 bits per heavy atom. The molecule has 1 aromatic rings. The van der Waals surface area contributed by atoms with Crippen LogP contribution >= 0.6 is 0 Å². The summed E-state index contributed by atoms with van der Waals surface area (Å²) < 4.78 is 0. The van der Waals surface area contributed by atoms with Gasteiger partial charge in [0.25, 0.3) is 0 Å². The van der Waals surface area contributed by atoms with E-state index in [2.05, 4.69) is 30.7 Å². The zero-order valence-electron chi connectivity index (χ0n) is 11.0. The number of nitrogens with zero attached hydrogens (tertiary/aromatic N) is 2. The van der Waals surface area contributed by atoms with Crippen molar-refractivity contribution < 1.29 is 4.79 Å². The Labute approximate surface area is 104 Å². The van der Waals surface area contributed by atoms with Gasteiger partial charge in [-0.15, -0.1) is 0 Å². The number of anilines is 1. The summed E-state index contributed by atoms with van der Waals surface area (Å²) >= 11 is 0. The lowest BCUT2D eigenvalue weighted by Crippen LogP contribution is -2.33. The normalized spacial score (nSPS) is 10.6. The molecule has 0 saturated carbocycles. The Bertz CT molecular complexity index is 331. The second-order valence-corrected chi connectivity index (χ2v) is 4.16. The topological polar surface area (TPSA) is 23.6 Å². The van der Waals surface area contributed by atoms with Gasteiger partial charge in [0.15, 0.2) is 0 Å². The highest BCUT2D eigenvalue weighted by atomic mass is 16.1. The summed E-state index contributed by atoms with van der Waals surface area (Å²) in [6.45, 7) is 8.62. The van der Waals surface area contributed by atoms with Gasteiger partial charge in [-0.3, -0.25) is 4.79 Å². The van der Waals surface area contributed by atoms with Crippen LogP contribution in [0.4, 0.5) is 5.69 Å². The van der Waals surface area contributed by atoms with Crippen LogP contribution in [0.3, 0.4) is 0 Å². The third-order valence-corrected chi connectivity index (χ3v) is 3.12. The minimum atomic E-state index is 0.728. The predicted molar refractivity (Wildman–Crippen MR) is 72.9 cm³/mol. The van der Waals surface area contributed by atoms with Gasteiger partial charge in [0, 0.05) is 31.4 Å². The number of hydrogen-bond donors (Lipinski definition) is 0. The minimum Gasteiger partial charge on any atom is -0.373 e. The molecule has 1 aromatic carbocycles. The molecule has 94 valence electrons. The van der Waals surface area contributed by atoms with Crippen LogP contribution in [0, 0.1) is 0 Å². The van der Waals surface area contributed by atoms with E-state index >= 15 is 0 Å². The Hall–Kier alpha value is -1.35. The van der Waals surface area contributed by atoms with E-state index in [1.54, 1.807) is 0 Å². The van der Waals surface area contributed by atoms with Crippen molar-refractivity contribution in [3.63, 3.8) is 0 Å². The van der Waals surface area contributed by atoms with Gasteiger partial charge in [0.2, 0.25) is 0 Å². The molecule has 0 aliphatic carbocycles. The average Bonchev–Trinajstić information content (AvgIpc) is 2.39. The Balaban J connectivity index is 2.51. The number of benzene rings is 1. The summed E-state index contributed by atoms with van der Waals surface area (Å²) in [7, 11) is 2.08. The highest BCUT2D eigenvalue weighted by molar-refractivity contribution is 5.75. The van der Waals surface area contributed by atoms with Gasteiger partial charge < -0.3 is 9.80 Å². The van der Waals surface area contributed by atoms with Gasteiger partial charge in [-0.2, -0.15) is 0 Å². The van der Waals surface area contributed by atoms with Crippen molar-refractivity contribution >= 4 is 12.0 Å². The maximum atomic E-state index is 10.6. The lowest BCUT2D eigenvalue weighted by atomic mass is 10.2. The first-order valence-electron chi connectivity index (χ1n) is 6.20. The molecule has 1 rings (SSSR count). The molecule has 0 amide bonds. The molecule has 0 bridgehead atoms. The zero-order chi connectivity index (χ0) is 12.7. The molecule has 0 heterocycles. The summed E-state index contributed by atoms with van der Waals surface area (Å²) in [5, 5.41) is 0. The predicted octanol–water partition coefficient (Wildman–Crippen LogP) is 2.28. The van der Waals surface area contributed by atoms with Crippen molar-refractivity contribution in [3.05, 3.63) is 29.8 Å². The summed E-state index contributed by atoms with van der Waals surface area (Å²) in [5.74, 6) is 0. The molecule has 0 saturated heterocycles. The van der Waals surface area contributed by atoms with Crippen LogP contribution in [-0.4, -0.2) is 44.4 Å². The van der Waals surface area contributed by atoms with E-state index in [1.165, 1.54) is 0 Å². The molecule has 3 nitrogen and oxygen atoms in total. The summed E-state index contributed by atoms with van der Waals surface area (Å²) in [5.41, 5.74) is 1.88. The van der Waals surface area contributed by atoms with Crippen molar-refractivity contribution in [2.45, 2.75) is 13.8 Å². The van der Waals surface area contributed by atoms with Crippen LogP contribution in [0.5, 0.6) is 0 Å². The fraction of sp³-hybridized carbons (Fsp3) is 0.500. The number of likely N-dealkylation sites (N-methyl/N-ethyl adjacent to an activating group) is 2. The lowest BCUT2D eigenvalue weighted by Gasteiger charge is -2.24. The number of carbonyl (C=O) groups is 1. The van der Waals surface area contributed by atoms with E-state index in [-0.39, 0.29) is 0 Å². The number of hydrogen-bond acceptors (Lipinski definition) is 3. The molecule has 0 spiro atoms. The fourth-order valence-electron chi connectivity index (χ4n) is 1.77. The molecule has 0 atom stereocenters. The molecule has 0 aliphatic rings. The summed E-state index contributed by atoms with van der Waals surface area (Å²) in [6, 6.07) is 7.70. The van der Waals surface area contributed by atoms with E-state index in [4.69, 9.17) is 0 Å². The second-order valence-electron chi connectivity index (χ2n) is 4.16. The van der Waals surface area contributed by atoms with Gasteiger partial charge in [0.1, 0.15) is 6.29 Å². The molecule has 17 heavy (non-hydrogen) atoms. The monoisotopic (exact) mass is 234 g/mol. The van der Waals surface area contributed by atoms with Crippen molar-refractivity contribution in [2.24, 2.45) is 0 Å². The van der Waals surface area contributed by atoms with E-state index in [0.717, 1.165) is 43.7 Å². The summed E-state index contributed by atoms with van der Waals surface area (Å²) in [6.07, 6.45) is 0.875. The number of aldehydes is 1. The fourth-order valence-corrected chi connectivity index (χ4v) is 1.77. The van der Waals surface area contributed by atoms with Crippen LogP contribution in [0.2, 0.25) is 0 Å². The van der Waals surface area contributed by atoms with Crippen LogP contribution < -0.4 is 4.90 Å². The zero-order valence-corrected chi connectivity index (χ0v) is 11.0. The van der Waals surface area contributed by atoms with E-state index in [9.17, 15) is 4.79 Å². The van der Waals surface area contributed by atoms with Crippen LogP contribution in [-0.2, 0) is 0 Å². The first kappa shape index (κ1) is 13.7. The Morgan fingerprint density at radius 3 is 2.12 bits per heavy atom. The highest BCUT2D eigenvalue weighted by Gasteiger charge is 2.03. The molecular formula is C14H22N2O. The van der Waals surface area contributed by atoms with E-state index < -0.39 is 0 Å². The SMILES string of the molecule is CCN(CC)CCN(C)c1ccc(C=O)cc1. The molecule has 0 aliphatic heterocycles. The van der Waals surface area contributed by atoms with E-state index in [1.807, 2.05) is 24.3 Å². The molecular weight excluding hydrogens is 212 g/mol. The van der Waals surface area contributed by atoms with Crippen molar-refractivity contribution in [2.75, 3.05) is 38.1 Å². The maximum absolute atomic E-state index is 10.6. The third-order valence-electron chi connectivity index (χ3n) is 3.12. The van der Waals surface area contributed by atoms with Crippen LogP contribution in [0.15, 0.2) is 24.3 Å². The average molecular weight is 234 g/mol. The second kappa shape index (κ2) is 7.07. The molecule has 0 unspecified atom stereocenters.